The van der Waals surface area contributed by atoms with Gasteiger partial charge in [-0.05, 0) is 7.05 Å². The van der Waals surface area contributed by atoms with Gasteiger partial charge in [0.2, 0.25) is 0 Å². The second kappa shape index (κ2) is 3.54. The maximum absolute atomic E-state index is 4.19. The summed E-state index contributed by atoms with van der Waals surface area (Å²) in [5, 5.41) is 17.9. The lowest BCUT2D eigenvalue weighted by Gasteiger charge is -2.08. The number of nitrogens with one attached hydrogen (secondary N) is 2. The first-order valence-electron chi connectivity index (χ1n) is 4.20. The maximum atomic E-state index is 4.19. The van der Waals surface area contributed by atoms with Crippen LogP contribution < -0.4 is 5.32 Å². The highest BCUT2D eigenvalue weighted by molar-refractivity contribution is 5.11. The quantitative estimate of drug-likeness (QED) is 0.669. The Labute approximate surface area is 80.5 Å². The summed E-state index contributed by atoms with van der Waals surface area (Å²) >= 11 is 0. The Hall–Kier alpha value is -1.76. The fraction of sp³-hybridized carbons (Fsp3) is 0.429. The van der Waals surface area contributed by atoms with Gasteiger partial charge in [0.1, 0.15) is 23.9 Å². The van der Waals surface area contributed by atoms with E-state index in [1.165, 1.54) is 11.1 Å². The monoisotopic (exact) mass is 193 g/mol. The Morgan fingerprint density at radius 2 is 2.43 bits per heavy atom. The first-order chi connectivity index (χ1) is 6.81. The predicted octanol–water partition coefficient (Wildman–Crippen LogP) is -0.758. The summed E-state index contributed by atoms with van der Waals surface area (Å²) in [6, 6.07) is -0.0915. The molecule has 7 heteroatoms. The lowest BCUT2D eigenvalue weighted by Crippen LogP contribution is -2.19. The third kappa shape index (κ3) is 1.49. The second-order valence-corrected chi connectivity index (χ2v) is 2.85. The summed E-state index contributed by atoms with van der Waals surface area (Å²) in [6.07, 6.45) is 3.17. The van der Waals surface area contributed by atoms with Gasteiger partial charge in [0, 0.05) is 7.05 Å². The Balaban J connectivity index is 2.31. The van der Waals surface area contributed by atoms with Crippen LogP contribution in [-0.4, -0.2) is 37.2 Å². The van der Waals surface area contributed by atoms with E-state index in [1.807, 2.05) is 7.05 Å². The first kappa shape index (κ1) is 8.82. The van der Waals surface area contributed by atoms with E-state index in [2.05, 4.69) is 30.7 Å². The Kier molecular flexibility index (Phi) is 2.23. The van der Waals surface area contributed by atoms with E-state index in [1.54, 1.807) is 13.2 Å². The molecule has 2 aromatic rings. The van der Waals surface area contributed by atoms with Crippen LogP contribution in [0.3, 0.4) is 0 Å². The highest BCUT2D eigenvalue weighted by Crippen LogP contribution is 2.13. The van der Waals surface area contributed by atoms with Crippen LogP contribution in [0.25, 0.3) is 0 Å². The number of hydrogen-bond donors (Lipinski definition) is 2. The van der Waals surface area contributed by atoms with Gasteiger partial charge in [0.05, 0.1) is 6.20 Å². The fourth-order valence-corrected chi connectivity index (χ4v) is 1.27. The van der Waals surface area contributed by atoms with E-state index in [4.69, 9.17) is 0 Å². The van der Waals surface area contributed by atoms with Crippen LogP contribution in [0.5, 0.6) is 0 Å². The number of rotatable bonds is 3. The fourth-order valence-electron chi connectivity index (χ4n) is 1.27. The van der Waals surface area contributed by atoms with Crippen molar-refractivity contribution >= 4 is 0 Å². The average molecular weight is 193 g/mol. The number of nitrogens with zero attached hydrogens (tertiary/aromatic N) is 5. The van der Waals surface area contributed by atoms with Crippen molar-refractivity contribution in [1.82, 2.24) is 35.5 Å². The minimum atomic E-state index is -0.0915. The summed E-state index contributed by atoms with van der Waals surface area (Å²) in [6.45, 7) is 0. The minimum Gasteiger partial charge on any atom is -0.305 e. The van der Waals surface area contributed by atoms with Gasteiger partial charge in [0.25, 0.3) is 0 Å². The smallest absolute Gasteiger partial charge is 0.147 e. The lowest BCUT2D eigenvalue weighted by atomic mass is 10.2. The molecule has 0 spiro atoms. The van der Waals surface area contributed by atoms with Gasteiger partial charge in [-0.3, -0.25) is 5.10 Å². The maximum Gasteiger partial charge on any atom is 0.147 e. The molecule has 2 rings (SSSR count). The zero-order valence-electron chi connectivity index (χ0n) is 7.97. The van der Waals surface area contributed by atoms with Gasteiger partial charge in [0.15, 0.2) is 0 Å². The summed E-state index contributed by atoms with van der Waals surface area (Å²) in [5.41, 5.74) is 0.812. The highest BCUT2D eigenvalue weighted by atomic mass is 15.5. The SMILES string of the molecule is CNC(c1cnn(C)n1)c1ncn[nH]1. The van der Waals surface area contributed by atoms with Crippen molar-refractivity contribution in [2.45, 2.75) is 6.04 Å². The molecule has 0 aliphatic rings. The Morgan fingerprint density at radius 1 is 1.57 bits per heavy atom. The van der Waals surface area contributed by atoms with Crippen molar-refractivity contribution in [3.8, 4) is 0 Å². The molecule has 7 nitrogen and oxygen atoms in total. The molecular formula is C7H11N7. The molecule has 0 radical (unpaired) electrons. The molecule has 0 amide bonds. The van der Waals surface area contributed by atoms with Crippen LogP contribution in [0, 0.1) is 0 Å². The molecule has 0 saturated carbocycles. The summed E-state index contributed by atoms with van der Waals surface area (Å²) in [4.78, 5) is 5.58. The molecular weight excluding hydrogens is 182 g/mol. The molecule has 0 aliphatic carbocycles. The van der Waals surface area contributed by atoms with Crippen LogP contribution >= 0.6 is 0 Å². The number of aromatic amines is 1. The van der Waals surface area contributed by atoms with Crippen molar-refractivity contribution in [3.63, 3.8) is 0 Å². The third-order valence-corrected chi connectivity index (χ3v) is 1.91. The molecule has 14 heavy (non-hydrogen) atoms. The molecule has 1 atom stereocenters. The van der Waals surface area contributed by atoms with Crippen molar-refractivity contribution in [1.29, 1.82) is 0 Å². The zero-order chi connectivity index (χ0) is 9.97. The van der Waals surface area contributed by atoms with E-state index < -0.39 is 0 Å². The molecule has 0 fully saturated rings. The van der Waals surface area contributed by atoms with Crippen molar-refractivity contribution in [3.05, 3.63) is 24.0 Å². The van der Waals surface area contributed by atoms with Gasteiger partial charge in [-0.15, -0.1) is 0 Å². The molecule has 2 aromatic heterocycles. The van der Waals surface area contributed by atoms with E-state index in [0.29, 0.717) is 0 Å². The molecule has 0 bridgehead atoms. The molecule has 74 valence electrons. The number of aromatic nitrogens is 6. The predicted molar refractivity (Wildman–Crippen MR) is 48.3 cm³/mol. The molecule has 0 aromatic carbocycles. The minimum absolute atomic E-state index is 0.0915. The van der Waals surface area contributed by atoms with Gasteiger partial charge in [-0.1, -0.05) is 0 Å². The van der Waals surface area contributed by atoms with E-state index in [9.17, 15) is 0 Å². The summed E-state index contributed by atoms with van der Waals surface area (Å²) < 4.78 is 0. The standard InChI is InChI=1S/C7H11N7/c1-8-6(7-9-4-10-12-7)5-3-11-14(2)13-5/h3-4,6,8H,1-2H3,(H,9,10,12). The molecule has 2 heterocycles. The zero-order valence-corrected chi connectivity index (χ0v) is 7.97. The van der Waals surface area contributed by atoms with Crippen LogP contribution in [0.2, 0.25) is 0 Å². The van der Waals surface area contributed by atoms with E-state index in [0.717, 1.165) is 11.5 Å². The van der Waals surface area contributed by atoms with Gasteiger partial charge in [-0.25, -0.2) is 4.98 Å². The van der Waals surface area contributed by atoms with Gasteiger partial charge in [-0.2, -0.15) is 20.1 Å². The van der Waals surface area contributed by atoms with Gasteiger partial charge < -0.3 is 5.32 Å². The molecule has 2 N–H and O–H groups in total. The van der Waals surface area contributed by atoms with Crippen LogP contribution in [0.4, 0.5) is 0 Å². The Morgan fingerprint density at radius 3 is 2.93 bits per heavy atom. The third-order valence-electron chi connectivity index (χ3n) is 1.91. The van der Waals surface area contributed by atoms with Crippen LogP contribution in [0.1, 0.15) is 17.6 Å². The second-order valence-electron chi connectivity index (χ2n) is 2.85. The molecule has 0 aliphatic heterocycles. The van der Waals surface area contributed by atoms with Crippen molar-refractivity contribution in [2.75, 3.05) is 7.05 Å². The van der Waals surface area contributed by atoms with Crippen molar-refractivity contribution in [2.24, 2.45) is 7.05 Å². The molecule has 1 unspecified atom stereocenters. The summed E-state index contributed by atoms with van der Waals surface area (Å²) in [5.74, 6) is 0.730. The molecule has 0 saturated heterocycles. The first-order valence-corrected chi connectivity index (χ1v) is 4.20. The normalized spacial score (nSPS) is 13.0. The summed E-state index contributed by atoms with van der Waals surface area (Å²) in [7, 11) is 3.61. The lowest BCUT2D eigenvalue weighted by molar-refractivity contribution is 0.595. The highest BCUT2D eigenvalue weighted by Gasteiger charge is 2.17. The largest absolute Gasteiger partial charge is 0.305 e. The van der Waals surface area contributed by atoms with E-state index >= 15 is 0 Å². The number of H-pyrrole nitrogens is 1. The van der Waals surface area contributed by atoms with E-state index in [-0.39, 0.29) is 6.04 Å². The number of hydrogen-bond acceptors (Lipinski definition) is 5. The topological polar surface area (TPSA) is 84.3 Å². The average Bonchev–Trinajstić information content (AvgIpc) is 2.79. The van der Waals surface area contributed by atoms with Crippen LogP contribution in [0.15, 0.2) is 12.5 Å². The van der Waals surface area contributed by atoms with Gasteiger partial charge >= 0.3 is 0 Å². The van der Waals surface area contributed by atoms with Crippen molar-refractivity contribution < 1.29 is 0 Å². The van der Waals surface area contributed by atoms with Crippen LogP contribution in [-0.2, 0) is 7.05 Å². The Bertz CT molecular complexity index is 390. The number of aryl methyl sites for hydroxylation is 1.